The van der Waals surface area contributed by atoms with Crippen molar-refractivity contribution in [1.29, 1.82) is 0 Å². The molecule has 0 bridgehead atoms. The summed E-state index contributed by atoms with van der Waals surface area (Å²) in [5, 5.41) is 6.92. The monoisotopic (exact) mass is 474 g/mol. The van der Waals surface area contributed by atoms with E-state index in [0.717, 1.165) is 24.3 Å². The van der Waals surface area contributed by atoms with Gasteiger partial charge >= 0.3 is 12.2 Å². The van der Waals surface area contributed by atoms with Crippen LogP contribution in [0.25, 0.3) is 16.6 Å². The number of ether oxygens (including phenoxy) is 1. The third-order valence-electron chi connectivity index (χ3n) is 5.80. The smallest absolute Gasteiger partial charge is 0.416 e. The van der Waals surface area contributed by atoms with Crippen molar-refractivity contribution in [3.05, 3.63) is 57.4 Å². The van der Waals surface area contributed by atoms with Gasteiger partial charge < -0.3 is 21.1 Å². The summed E-state index contributed by atoms with van der Waals surface area (Å²) in [5.74, 6) is 0.330. The molecular formula is C23H25F3N6O2. The largest absolute Gasteiger partial charge is 0.467 e. The minimum Gasteiger partial charge on any atom is -0.467 e. The fraction of sp³-hybridized carbons (Fsp3) is 0.348. The van der Waals surface area contributed by atoms with Crippen molar-refractivity contribution >= 4 is 28.1 Å². The van der Waals surface area contributed by atoms with Gasteiger partial charge in [-0.2, -0.15) is 23.1 Å². The molecule has 0 unspecified atom stereocenters. The number of aromatic nitrogens is 3. The summed E-state index contributed by atoms with van der Waals surface area (Å²) in [6.45, 7) is 3.12. The molecule has 180 valence electrons. The number of rotatable bonds is 5. The second-order valence-corrected chi connectivity index (χ2v) is 8.15. The van der Waals surface area contributed by atoms with Gasteiger partial charge in [-0.05, 0) is 55.3 Å². The summed E-state index contributed by atoms with van der Waals surface area (Å²) in [6, 6.07) is 4.59. The highest BCUT2D eigenvalue weighted by molar-refractivity contribution is 5.90. The Hall–Kier alpha value is -3.60. The molecule has 0 fully saturated rings. The summed E-state index contributed by atoms with van der Waals surface area (Å²) < 4.78 is 46.5. The third kappa shape index (κ3) is 4.56. The number of alkyl halides is 3. The van der Waals surface area contributed by atoms with Crippen molar-refractivity contribution in [2.24, 2.45) is 7.05 Å². The highest BCUT2D eigenvalue weighted by Crippen LogP contribution is 2.34. The van der Waals surface area contributed by atoms with Crippen LogP contribution in [0.15, 0.2) is 35.1 Å². The first-order chi connectivity index (χ1) is 16.1. The van der Waals surface area contributed by atoms with E-state index in [0.29, 0.717) is 40.9 Å². The van der Waals surface area contributed by atoms with E-state index in [1.807, 2.05) is 6.08 Å². The van der Waals surface area contributed by atoms with Crippen LogP contribution in [0.2, 0.25) is 0 Å². The zero-order valence-corrected chi connectivity index (χ0v) is 19.0. The lowest BCUT2D eigenvalue weighted by atomic mass is 10.00. The van der Waals surface area contributed by atoms with Crippen LogP contribution in [0.4, 0.5) is 24.7 Å². The fourth-order valence-corrected chi connectivity index (χ4v) is 3.99. The minimum absolute atomic E-state index is 0.00568. The number of halogens is 3. The number of benzene rings is 1. The Balaban J connectivity index is 1.83. The van der Waals surface area contributed by atoms with Gasteiger partial charge in [-0.25, -0.2) is 0 Å². The Bertz CT molecular complexity index is 1330. The number of pyridine rings is 1. The molecule has 0 amide bonds. The molecule has 1 aromatic carbocycles. The first kappa shape index (κ1) is 23.6. The topological polar surface area (TPSA) is 107 Å². The summed E-state index contributed by atoms with van der Waals surface area (Å²) in [6.07, 6.45) is -1.86. The van der Waals surface area contributed by atoms with Crippen LogP contribution >= 0.6 is 0 Å². The number of nitrogens with two attached hydrogens (primary N) is 1. The molecule has 0 saturated heterocycles. The molecule has 4 N–H and O–H groups in total. The van der Waals surface area contributed by atoms with Gasteiger partial charge in [0.25, 0.3) is 5.56 Å². The molecular weight excluding hydrogens is 449 g/mol. The van der Waals surface area contributed by atoms with Crippen LogP contribution in [0.5, 0.6) is 6.01 Å². The zero-order chi connectivity index (χ0) is 24.6. The highest BCUT2D eigenvalue weighted by atomic mass is 19.4. The number of hydrogen-bond acceptors (Lipinski definition) is 7. The number of hydrogen-bond donors (Lipinski definition) is 3. The van der Waals surface area contributed by atoms with Gasteiger partial charge in [-0.15, -0.1) is 0 Å². The van der Waals surface area contributed by atoms with Crippen molar-refractivity contribution in [2.75, 3.05) is 31.2 Å². The van der Waals surface area contributed by atoms with E-state index in [9.17, 15) is 18.0 Å². The number of fused-ring (bicyclic) bond motifs is 1. The van der Waals surface area contributed by atoms with E-state index in [1.54, 1.807) is 20.0 Å². The standard InChI is InChI=1S/C23H25F3N6O2/c1-12(14-8-15(23(24,25)26)10-16(27)9-14)29-19-18-11-17(13-4-6-28-7-5-13)21(33)32(2)20(18)31-22(30-19)34-3/h4,8-12,28H,5-7,27H2,1-3H3,(H,29,30,31)/t12-/m1/s1. The van der Waals surface area contributed by atoms with Gasteiger partial charge in [0, 0.05) is 24.8 Å². The summed E-state index contributed by atoms with van der Waals surface area (Å²) >= 11 is 0. The second-order valence-electron chi connectivity index (χ2n) is 8.15. The molecule has 0 saturated carbocycles. The summed E-state index contributed by atoms with van der Waals surface area (Å²) in [7, 11) is 3.01. The Morgan fingerprint density at radius 1 is 1.24 bits per heavy atom. The summed E-state index contributed by atoms with van der Waals surface area (Å²) in [4.78, 5) is 21.8. The number of methoxy groups -OCH3 is 1. The minimum atomic E-state index is -4.52. The fourth-order valence-electron chi connectivity index (χ4n) is 3.99. The van der Waals surface area contributed by atoms with Gasteiger partial charge in [0.1, 0.15) is 5.82 Å². The number of nitrogens with one attached hydrogen (secondary N) is 2. The SMILES string of the molecule is COc1nc(N[C@H](C)c2cc(N)cc(C(F)(F)F)c2)c2cc(C3=CCNCC3)c(=O)n(C)c2n1. The molecule has 3 aromatic rings. The van der Waals surface area contributed by atoms with Crippen LogP contribution in [-0.4, -0.2) is 34.7 Å². The van der Waals surface area contributed by atoms with E-state index in [1.165, 1.54) is 17.7 Å². The molecule has 0 radical (unpaired) electrons. The van der Waals surface area contributed by atoms with Crippen molar-refractivity contribution in [1.82, 2.24) is 19.9 Å². The van der Waals surface area contributed by atoms with Crippen molar-refractivity contribution in [3.63, 3.8) is 0 Å². The predicted octanol–water partition coefficient (Wildman–Crippen LogP) is 3.49. The second kappa shape index (κ2) is 8.98. The van der Waals surface area contributed by atoms with Gasteiger partial charge in [0.2, 0.25) is 0 Å². The molecule has 34 heavy (non-hydrogen) atoms. The average Bonchev–Trinajstić information content (AvgIpc) is 2.81. The van der Waals surface area contributed by atoms with Crippen LogP contribution in [0, 0.1) is 0 Å². The number of nitrogen functional groups attached to an aromatic ring is 1. The van der Waals surface area contributed by atoms with E-state index in [-0.39, 0.29) is 17.3 Å². The Morgan fingerprint density at radius 2 is 2.00 bits per heavy atom. The molecule has 3 heterocycles. The molecule has 4 rings (SSSR count). The molecule has 1 aliphatic rings. The zero-order valence-electron chi connectivity index (χ0n) is 19.0. The number of anilines is 2. The van der Waals surface area contributed by atoms with Crippen molar-refractivity contribution in [3.8, 4) is 6.01 Å². The first-order valence-electron chi connectivity index (χ1n) is 10.7. The third-order valence-corrected chi connectivity index (χ3v) is 5.80. The maximum absolute atomic E-state index is 13.3. The average molecular weight is 474 g/mol. The van der Waals surface area contributed by atoms with Crippen molar-refractivity contribution in [2.45, 2.75) is 25.6 Å². The Morgan fingerprint density at radius 3 is 2.65 bits per heavy atom. The molecule has 11 heteroatoms. The van der Waals surface area contributed by atoms with Crippen molar-refractivity contribution < 1.29 is 17.9 Å². The van der Waals surface area contributed by atoms with E-state index in [4.69, 9.17) is 10.5 Å². The Labute approximate surface area is 193 Å². The molecule has 0 aliphatic carbocycles. The number of aryl methyl sites for hydroxylation is 1. The predicted molar refractivity (Wildman–Crippen MR) is 125 cm³/mol. The lowest BCUT2D eigenvalue weighted by Gasteiger charge is -2.20. The first-order valence-corrected chi connectivity index (χ1v) is 10.7. The number of nitrogens with zero attached hydrogens (tertiary/aromatic N) is 3. The molecule has 1 aliphatic heterocycles. The van der Waals surface area contributed by atoms with Gasteiger partial charge in [-0.3, -0.25) is 9.36 Å². The highest BCUT2D eigenvalue weighted by Gasteiger charge is 2.31. The van der Waals surface area contributed by atoms with Gasteiger partial charge in [-0.1, -0.05) is 6.08 Å². The lowest BCUT2D eigenvalue weighted by molar-refractivity contribution is -0.137. The molecule has 1 atom stereocenters. The summed E-state index contributed by atoms with van der Waals surface area (Å²) in [5.41, 5.74) is 6.84. The normalized spacial score (nSPS) is 15.2. The maximum Gasteiger partial charge on any atom is 0.416 e. The molecule has 8 nitrogen and oxygen atoms in total. The maximum atomic E-state index is 13.3. The van der Waals surface area contributed by atoms with Crippen LogP contribution in [-0.2, 0) is 13.2 Å². The van der Waals surface area contributed by atoms with Gasteiger partial charge in [0.05, 0.1) is 24.1 Å². The van der Waals surface area contributed by atoms with Crippen LogP contribution < -0.4 is 26.7 Å². The lowest BCUT2D eigenvalue weighted by Crippen LogP contribution is -2.26. The van der Waals surface area contributed by atoms with E-state index >= 15 is 0 Å². The molecule has 0 spiro atoms. The quantitative estimate of drug-likeness (QED) is 0.486. The van der Waals surface area contributed by atoms with Gasteiger partial charge in [0.15, 0.2) is 5.65 Å². The van der Waals surface area contributed by atoms with Crippen LogP contribution in [0.1, 0.15) is 36.1 Å². The Kier molecular flexibility index (Phi) is 6.22. The van der Waals surface area contributed by atoms with E-state index in [2.05, 4.69) is 20.6 Å². The van der Waals surface area contributed by atoms with Crippen LogP contribution in [0.3, 0.4) is 0 Å². The van der Waals surface area contributed by atoms with E-state index < -0.39 is 17.8 Å². The molecule has 2 aromatic heterocycles.